The summed E-state index contributed by atoms with van der Waals surface area (Å²) in [4.78, 5) is 14.8. The summed E-state index contributed by atoms with van der Waals surface area (Å²) in [7, 11) is 0. The van der Waals surface area contributed by atoms with Crippen LogP contribution in [0.2, 0.25) is 0 Å². The molecule has 0 saturated heterocycles. The Hall–Kier alpha value is -1.26. The zero-order valence-corrected chi connectivity index (χ0v) is 11.2. The van der Waals surface area contributed by atoms with Crippen molar-refractivity contribution in [3.8, 4) is 0 Å². The molecule has 0 spiro atoms. The van der Waals surface area contributed by atoms with Crippen LogP contribution in [0.5, 0.6) is 0 Å². The fraction of sp³-hybridized carbons (Fsp3) is 0.357. The molecule has 18 heavy (non-hydrogen) atoms. The Kier molecular flexibility index (Phi) is 4.09. The zero-order valence-electron chi connectivity index (χ0n) is 10.4. The first-order chi connectivity index (χ1) is 8.63. The second-order valence-electron chi connectivity index (χ2n) is 4.31. The van der Waals surface area contributed by atoms with E-state index in [0.29, 0.717) is 12.3 Å². The Morgan fingerprint density at radius 1 is 1.61 bits per heavy atom. The van der Waals surface area contributed by atoms with Crippen LogP contribution in [0.3, 0.4) is 0 Å². The van der Waals surface area contributed by atoms with Crippen molar-refractivity contribution in [3.05, 3.63) is 36.4 Å². The predicted octanol–water partition coefficient (Wildman–Crippen LogP) is 2.75. The van der Waals surface area contributed by atoms with Gasteiger partial charge in [-0.1, -0.05) is 12.1 Å². The maximum atomic E-state index is 11.9. The van der Waals surface area contributed by atoms with E-state index in [2.05, 4.69) is 6.58 Å². The lowest BCUT2D eigenvalue weighted by Crippen LogP contribution is -2.36. The lowest BCUT2D eigenvalue weighted by Gasteiger charge is -2.29. The van der Waals surface area contributed by atoms with Crippen LogP contribution in [-0.4, -0.2) is 23.3 Å². The molecular formula is C14H17NO2S. The molecular weight excluding hydrogens is 246 g/mol. The van der Waals surface area contributed by atoms with Gasteiger partial charge in [0.2, 0.25) is 5.91 Å². The first-order valence-corrected chi connectivity index (χ1v) is 6.98. The third-order valence-corrected chi connectivity index (χ3v) is 4.00. The Balaban J connectivity index is 2.32. The number of carbonyl (C=O) groups excluding carboxylic acids is 1. The first kappa shape index (κ1) is 13.2. The van der Waals surface area contributed by atoms with Crippen molar-refractivity contribution in [1.82, 2.24) is 0 Å². The molecule has 96 valence electrons. The van der Waals surface area contributed by atoms with Gasteiger partial charge in [-0.2, -0.15) is 0 Å². The molecule has 3 nitrogen and oxygen atoms in total. The smallest absolute Gasteiger partial charge is 0.237 e. The standard InChI is InChI=1S/C14H17NO2S/c1-3-4-7-15-12-6-5-11(10(2)16)8-13(12)18-9-14(15)17/h3,5-6,8,10,16H,1,4,7,9H2,2H3. The summed E-state index contributed by atoms with van der Waals surface area (Å²) >= 11 is 1.54. The lowest BCUT2D eigenvalue weighted by molar-refractivity contribution is -0.116. The van der Waals surface area contributed by atoms with Crippen molar-refractivity contribution in [3.63, 3.8) is 0 Å². The number of aliphatic hydroxyl groups is 1. The molecule has 1 aromatic rings. The highest BCUT2D eigenvalue weighted by molar-refractivity contribution is 8.00. The van der Waals surface area contributed by atoms with Crippen LogP contribution >= 0.6 is 11.8 Å². The van der Waals surface area contributed by atoms with Crippen molar-refractivity contribution >= 4 is 23.4 Å². The average molecular weight is 263 g/mol. The molecule has 0 fully saturated rings. The van der Waals surface area contributed by atoms with Crippen molar-refractivity contribution in [2.24, 2.45) is 0 Å². The van der Waals surface area contributed by atoms with E-state index in [1.165, 1.54) is 11.8 Å². The van der Waals surface area contributed by atoms with Gasteiger partial charge in [0.1, 0.15) is 0 Å². The van der Waals surface area contributed by atoms with E-state index in [-0.39, 0.29) is 5.91 Å². The highest BCUT2D eigenvalue weighted by atomic mass is 32.2. The third kappa shape index (κ3) is 2.60. The quantitative estimate of drug-likeness (QED) is 0.849. The molecule has 0 aliphatic carbocycles. The van der Waals surface area contributed by atoms with Crippen LogP contribution in [0, 0.1) is 0 Å². The second kappa shape index (κ2) is 5.59. The monoisotopic (exact) mass is 263 g/mol. The number of amides is 1. The molecule has 4 heteroatoms. The second-order valence-corrected chi connectivity index (χ2v) is 5.33. The van der Waals surface area contributed by atoms with Gasteiger partial charge in [-0.3, -0.25) is 4.79 Å². The van der Waals surface area contributed by atoms with Crippen LogP contribution in [0.25, 0.3) is 0 Å². The number of thioether (sulfide) groups is 1. The molecule has 1 heterocycles. The van der Waals surface area contributed by atoms with E-state index in [0.717, 1.165) is 22.6 Å². The van der Waals surface area contributed by atoms with E-state index in [4.69, 9.17) is 0 Å². The fourth-order valence-electron chi connectivity index (χ4n) is 1.95. The molecule has 2 rings (SSSR count). The Bertz CT molecular complexity index is 471. The van der Waals surface area contributed by atoms with Crippen molar-refractivity contribution < 1.29 is 9.90 Å². The summed E-state index contributed by atoms with van der Waals surface area (Å²) in [6, 6.07) is 5.77. The Labute approximate surface area is 111 Å². The van der Waals surface area contributed by atoms with Crippen molar-refractivity contribution in [2.75, 3.05) is 17.2 Å². The number of hydrogen-bond donors (Lipinski definition) is 1. The van der Waals surface area contributed by atoms with Gasteiger partial charge in [-0.15, -0.1) is 18.3 Å². The maximum absolute atomic E-state index is 11.9. The number of benzene rings is 1. The number of fused-ring (bicyclic) bond motifs is 1. The van der Waals surface area contributed by atoms with Crippen LogP contribution in [-0.2, 0) is 4.79 Å². The minimum absolute atomic E-state index is 0.138. The van der Waals surface area contributed by atoms with Gasteiger partial charge in [0.05, 0.1) is 17.5 Å². The lowest BCUT2D eigenvalue weighted by atomic mass is 10.1. The molecule has 0 saturated carbocycles. The summed E-state index contributed by atoms with van der Waals surface area (Å²) in [6.07, 6.45) is 2.13. The largest absolute Gasteiger partial charge is 0.389 e. The Morgan fingerprint density at radius 3 is 3.06 bits per heavy atom. The Morgan fingerprint density at radius 2 is 2.39 bits per heavy atom. The van der Waals surface area contributed by atoms with Crippen molar-refractivity contribution in [1.29, 1.82) is 0 Å². The molecule has 1 unspecified atom stereocenters. The number of nitrogens with zero attached hydrogens (tertiary/aromatic N) is 1. The molecule has 0 radical (unpaired) electrons. The van der Waals surface area contributed by atoms with E-state index in [1.54, 1.807) is 11.8 Å². The minimum atomic E-state index is -0.477. The van der Waals surface area contributed by atoms with Gasteiger partial charge in [-0.05, 0) is 31.0 Å². The third-order valence-electron chi connectivity index (χ3n) is 2.97. The number of anilines is 1. The number of hydrogen-bond acceptors (Lipinski definition) is 3. The summed E-state index contributed by atoms with van der Waals surface area (Å²) in [6.45, 7) is 6.10. The van der Waals surface area contributed by atoms with Gasteiger partial charge in [0, 0.05) is 11.4 Å². The molecule has 1 atom stereocenters. The van der Waals surface area contributed by atoms with Gasteiger partial charge >= 0.3 is 0 Å². The van der Waals surface area contributed by atoms with Crippen LogP contribution in [0.1, 0.15) is 25.0 Å². The molecule has 0 bridgehead atoms. The number of rotatable bonds is 4. The molecule has 1 amide bonds. The van der Waals surface area contributed by atoms with Gasteiger partial charge in [0.15, 0.2) is 0 Å². The molecule has 1 aromatic carbocycles. The zero-order chi connectivity index (χ0) is 13.1. The van der Waals surface area contributed by atoms with Crippen LogP contribution < -0.4 is 4.90 Å². The predicted molar refractivity (Wildman–Crippen MR) is 75.0 cm³/mol. The van der Waals surface area contributed by atoms with Crippen LogP contribution in [0.15, 0.2) is 35.7 Å². The normalized spacial score (nSPS) is 16.3. The van der Waals surface area contributed by atoms with Gasteiger partial charge in [0.25, 0.3) is 0 Å². The molecule has 1 aliphatic rings. The van der Waals surface area contributed by atoms with Gasteiger partial charge < -0.3 is 10.0 Å². The highest BCUT2D eigenvalue weighted by Gasteiger charge is 2.24. The summed E-state index contributed by atoms with van der Waals surface area (Å²) in [5, 5.41) is 9.58. The van der Waals surface area contributed by atoms with E-state index >= 15 is 0 Å². The van der Waals surface area contributed by atoms with E-state index in [1.807, 2.05) is 24.3 Å². The molecule has 1 aliphatic heterocycles. The maximum Gasteiger partial charge on any atom is 0.237 e. The van der Waals surface area contributed by atoms with Crippen LogP contribution in [0.4, 0.5) is 5.69 Å². The topological polar surface area (TPSA) is 40.5 Å². The summed E-state index contributed by atoms with van der Waals surface area (Å²) in [5.41, 5.74) is 1.83. The van der Waals surface area contributed by atoms with E-state index < -0.39 is 6.10 Å². The summed E-state index contributed by atoms with van der Waals surface area (Å²) < 4.78 is 0. The molecule has 0 aromatic heterocycles. The number of carbonyl (C=O) groups is 1. The summed E-state index contributed by atoms with van der Waals surface area (Å²) in [5.74, 6) is 0.604. The van der Waals surface area contributed by atoms with E-state index in [9.17, 15) is 9.90 Å². The molecule has 1 N–H and O–H groups in total. The fourth-order valence-corrected chi connectivity index (χ4v) is 2.93. The average Bonchev–Trinajstić information content (AvgIpc) is 2.37. The first-order valence-electron chi connectivity index (χ1n) is 5.99. The SMILES string of the molecule is C=CCCN1C(=O)CSc2cc(C(C)O)ccc21. The number of aliphatic hydroxyl groups excluding tert-OH is 1. The van der Waals surface area contributed by atoms with Crippen molar-refractivity contribution in [2.45, 2.75) is 24.3 Å². The minimum Gasteiger partial charge on any atom is -0.389 e. The van der Waals surface area contributed by atoms with Gasteiger partial charge in [-0.25, -0.2) is 0 Å². The highest BCUT2D eigenvalue weighted by Crippen LogP contribution is 2.37.